The summed E-state index contributed by atoms with van der Waals surface area (Å²) >= 11 is 0. The molecule has 0 amide bonds. The molecule has 0 aromatic heterocycles. The Hall–Kier alpha value is 0.0600. The van der Waals surface area contributed by atoms with E-state index in [1.165, 1.54) is 102 Å². The molecule has 0 saturated carbocycles. The summed E-state index contributed by atoms with van der Waals surface area (Å²) in [7, 11) is -9.28. The van der Waals surface area contributed by atoms with Crippen LogP contribution in [0.15, 0.2) is 46.2 Å². The van der Waals surface area contributed by atoms with Gasteiger partial charge in [0.15, 0.2) is 0 Å². The van der Waals surface area contributed by atoms with Crippen LogP contribution in [0.25, 0.3) is 0 Å². The maximum atomic E-state index is 12.2. The van der Waals surface area contributed by atoms with Crippen molar-refractivity contribution in [3.8, 4) is 11.5 Å². The summed E-state index contributed by atoms with van der Waals surface area (Å²) < 4.78 is 74.3. The van der Waals surface area contributed by atoms with E-state index in [-0.39, 0.29) is 70.6 Å². The van der Waals surface area contributed by atoms with Gasteiger partial charge in [0.05, 0.1) is 0 Å². The second kappa shape index (κ2) is 26.8. The Morgan fingerprint density at radius 2 is 0.745 bits per heavy atom. The predicted octanol–water partition coefficient (Wildman–Crippen LogP) is 10.1. The van der Waals surface area contributed by atoms with Crippen molar-refractivity contribution in [2.45, 2.75) is 165 Å². The molecule has 0 atom stereocenters. The summed E-state index contributed by atoms with van der Waals surface area (Å²) in [6.07, 6.45) is 25.5. The van der Waals surface area contributed by atoms with Crippen LogP contribution in [0.4, 0.5) is 0 Å². The third-order valence-electron chi connectivity index (χ3n) is 8.43. The molecule has 0 aliphatic heterocycles. The molecule has 2 aromatic carbocycles. The molecule has 258 valence electrons. The number of aryl methyl sites for hydroxylation is 2. The van der Waals surface area contributed by atoms with Gasteiger partial charge in [-0.2, -0.15) is 16.8 Å². The SMILES string of the molecule is CCCCCCCCCCCCc1ccc(S(=O)(=O)O)c(Oc2cc(CCCCCCCCCCCC)ccc2S(=O)(=O)O)c1.[Na].[Na]. The van der Waals surface area contributed by atoms with E-state index in [4.69, 9.17) is 4.74 Å². The predicted molar refractivity (Wildman–Crippen MR) is 195 cm³/mol. The van der Waals surface area contributed by atoms with Crippen LogP contribution >= 0.6 is 0 Å². The van der Waals surface area contributed by atoms with Gasteiger partial charge in [-0.3, -0.25) is 9.11 Å². The first kappa shape index (κ1) is 47.1. The van der Waals surface area contributed by atoms with Crippen molar-refractivity contribution in [2.75, 3.05) is 0 Å². The van der Waals surface area contributed by atoms with E-state index in [1.807, 2.05) is 0 Å². The first-order chi connectivity index (χ1) is 21.6. The van der Waals surface area contributed by atoms with E-state index < -0.39 is 30.0 Å². The van der Waals surface area contributed by atoms with Gasteiger partial charge in [0.2, 0.25) is 0 Å². The molecule has 0 fully saturated rings. The van der Waals surface area contributed by atoms with E-state index in [0.717, 1.165) is 49.7 Å². The smallest absolute Gasteiger partial charge is 0.298 e. The maximum absolute atomic E-state index is 12.2. The molecule has 0 aliphatic carbocycles. The fraction of sp³-hybridized carbons (Fsp3) is 0.667. The molecule has 0 bridgehead atoms. The van der Waals surface area contributed by atoms with Crippen LogP contribution in [0, 0.1) is 0 Å². The first-order valence-electron chi connectivity index (χ1n) is 17.4. The van der Waals surface area contributed by atoms with Crippen LogP contribution in [-0.4, -0.2) is 85.1 Å². The number of hydrogen-bond donors (Lipinski definition) is 2. The minimum Gasteiger partial charge on any atom is -0.454 e. The average molecular weight is 713 g/mol. The number of rotatable bonds is 26. The Balaban J connectivity index is 0.0000106. The summed E-state index contributed by atoms with van der Waals surface area (Å²) in [5.41, 5.74) is 1.65. The Morgan fingerprint density at radius 1 is 0.468 bits per heavy atom. The Kier molecular flexibility index (Phi) is 26.8. The average Bonchev–Trinajstić information content (AvgIpc) is 2.98. The summed E-state index contributed by atoms with van der Waals surface area (Å²) in [5, 5.41) is 0. The van der Waals surface area contributed by atoms with Gasteiger partial charge in [-0.1, -0.05) is 142 Å². The number of unbranched alkanes of at least 4 members (excludes halogenated alkanes) is 18. The van der Waals surface area contributed by atoms with Crippen LogP contribution in [-0.2, 0) is 33.1 Å². The molecule has 0 aliphatic rings. The molecule has 0 saturated heterocycles. The van der Waals surface area contributed by atoms with Crippen LogP contribution in [0.3, 0.4) is 0 Å². The molecule has 2 radical (unpaired) electrons. The van der Waals surface area contributed by atoms with E-state index >= 15 is 0 Å². The molecule has 7 nitrogen and oxygen atoms in total. The largest absolute Gasteiger partial charge is 0.454 e. The van der Waals surface area contributed by atoms with Crippen molar-refractivity contribution >= 4 is 79.4 Å². The number of ether oxygens (including phenoxy) is 1. The minimum absolute atomic E-state index is 0. The zero-order chi connectivity index (χ0) is 33.0. The van der Waals surface area contributed by atoms with Crippen molar-refractivity contribution < 1.29 is 30.7 Å². The van der Waals surface area contributed by atoms with E-state index in [2.05, 4.69) is 13.8 Å². The van der Waals surface area contributed by atoms with Gasteiger partial charge < -0.3 is 4.74 Å². The second-order valence-corrected chi connectivity index (χ2v) is 15.3. The van der Waals surface area contributed by atoms with E-state index in [0.29, 0.717) is 12.8 Å². The standard InChI is InChI=1S/C36H58O7S2.2Na/c1-3-5-7-9-11-13-15-17-19-21-23-31-25-27-35(44(37,38)39)33(29-31)43-34-30-32(26-28-36(34)45(40,41)42)24-22-20-18-16-14-12-10-8-6-4-2;;/h25-30H,3-24H2,1-2H3,(H,37,38,39)(H,40,41,42);;. The van der Waals surface area contributed by atoms with Gasteiger partial charge in [0.1, 0.15) is 21.3 Å². The van der Waals surface area contributed by atoms with Crippen molar-refractivity contribution in [3.05, 3.63) is 47.5 Å². The normalized spacial score (nSPS) is 11.6. The number of benzene rings is 2. The zero-order valence-corrected chi connectivity index (χ0v) is 35.4. The van der Waals surface area contributed by atoms with E-state index in [9.17, 15) is 25.9 Å². The Morgan fingerprint density at radius 3 is 1.02 bits per heavy atom. The molecule has 47 heavy (non-hydrogen) atoms. The van der Waals surface area contributed by atoms with Crippen LogP contribution in [0.5, 0.6) is 11.5 Å². The molecule has 0 heterocycles. The van der Waals surface area contributed by atoms with Gasteiger partial charge in [-0.05, 0) is 61.1 Å². The fourth-order valence-electron chi connectivity index (χ4n) is 5.75. The molecular weight excluding hydrogens is 655 g/mol. The van der Waals surface area contributed by atoms with Gasteiger partial charge in [-0.25, -0.2) is 0 Å². The summed E-state index contributed by atoms with van der Waals surface area (Å²) in [4.78, 5) is -0.897. The van der Waals surface area contributed by atoms with Crippen LogP contribution < -0.4 is 4.74 Å². The van der Waals surface area contributed by atoms with Gasteiger partial charge >= 0.3 is 0 Å². The molecule has 2 rings (SSSR count). The van der Waals surface area contributed by atoms with Crippen molar-refractivity contribution in [1.29, 1.82) is 0 Å². The molecule has 2 aromatic rings. The summed E-state index contributed by atoms with van der Waals surface area (Å²) in [6.45, 7) is 4.44. The molecular formula is C36H58Na2O7S2. The zero-order valence-electron chi connectivity index (χ0n) is 29.8. The topological polar surface area (TPSA) is 118 Å². The van der Waals surface area contributed by atoms with Crippen LogP contribution in [0.2, 0.25) is 0 Å². The van der Waals surface area contributed by atoms with Crippen molar-refractivity contribution in [1.82, 2.24) is 0 Å². The van der Waals surface area contributed by atoms with Gasteiger partial charge in [0, 0.05) is 59.1 Å². The molecule has 0 unspecified atom stereocenters. The second-order valence-electron chi connectivity index (χ2n) is 12.5. The Bertz CT molecular complexity index is 1230. The van der Waals surface area contributed by atoms with Crippen LogP contribution in [0.1, 0.15) is 153 Å². The Labute approximate surface area is 330 Å². The molecule has 0 spiro atoms. The molecule has 2 N–H and O–H groups in total. The maximum Gasteiger partial charge on any atom is 0.298 e. The summed E-state index contributed by atoms with van der Waals surface area (Å²) in [6, 6.07) is 8.96. The van der Waals surface area contributed by atoms with Gasteiger partial charge in [0.25, 0.3) is 20.2 Å². The van der Waals surface area contributed by atoms with Crippen molar-refractivity contribution in [2.24, 2.45) is 0 Å². The quantitative estimate of drug-likeness (QED) is 0.0566. The molecule has 11 heteroatoms. The number of hydrogen-bond acceptors (Lipinski definition) is 5. The fourth-order valence-corrected chi connectivity index (χ4v) is 6.94. The third kappa shape index (κ3) is 20.5. The monoisotopic (exact) mass is 712 g/mol. The van der Waals surface area contributed by atoms with Gasteiger partial charge in [-0.15, -0.1) is 0 Å². The van der Waals surface area contributed by atoms with E-state index in [1.54, 1.807) is 24.3 Å². The summed E-state index contributed by atoms with van der Waals surface area (Å²) in [5.74, 6) is -0.328. The van der Waals surface area contributed by atoms with Crippen molar-refractivity contribution in [3.63, 3.8) is 0 Å². The third-order valence-corrected chi connectivity index (χ3v) is 10.2. The first-order valence-corrected chi connectivity index (χ1v) is 20.3. The minimum atomic E-state index is -4.64.